The molecule has 2 heterocycles. The van der Waals surface area contributed by atoms with E-state index >= 15 is 0 Å². The lowest BCUT2D eigenvalue weighted by molar-refractivity contribution is -0.0260. The minimum absolute atomic E-state index is 0.179. The molecule has 7 heteroatoms. The van der Waals surface area contributed by atoms with Crippen LogP contribution < -0.4 is 10.1 Å². The fourth-order valence-corrected chi connectivity index (χ4v) is 2.67. The molecule has 0 spiro atoms. The quantitative estimate of drug-likeness (QED) is 0.795. The highest BCUT2D eigenvalue weighted by atomic mass is 19.1. The molecule has 1 saturated heterocycles. The van der Waals surface area contributed by atoms with Crippen LogP contribution in [0.1, 0.15) is 16.8 Å². The number of halogens is 1. The second kappa shape index (κ2) is 5.94. The van der Waals surface area contributed by atoms with Gasteiger partial charge in [-0.05, 0) is 18.6 Å². The Morgan fingerprint density at radius 2 is 2.36 bits per heavy atom. The number of hydrogen-bond acceptors (Lipinski definition) is 4. The van der Waals surface area contributed by atoms with Gasteiger partial charge >= 0.3 is 0 Å². The van der Waals surface area contributed by atoms with Gasteiger partial charge in [-0.15, -0.1) is 0 Å². The van der Waals surface area contributed by atoms with Gasteiger partial charge in [0.15, 0.2) is 0 Å². The van der Waals surface area contributed by atoms with Crippen LogP contribution in [-0.4, -0.2) is 48.5 Å². The van der Waals surface area contributed by atoms with Crippen molar-refractivity contribution in [1.82, 2.24) is 10.3 Å². The van der Waals surface area contributed by atoms with E-state index in [-0.39, 0.29) is 17.6 Å². The number of carbonyl (C=O) groups is 1. The summed E-state index contributed by atoms with van der Waals surface area (Å²) in [6, 6.07) is 2.35. The Balaban J connectivity index is 1.91. The van der Waals surface area contributed by atoms with Gasteiger partial charge in [-0.1, -0.05) is 0 Å². The number of methoxy groups -OCH3 is 1. The van der Waals surface area contributed by atoms with Gasteiger partial charge in [-0.3, -0.25) is 4.79 Å². The highest BCUT2D eigenvalue weighted by Crippen LogP contribution is 2.29. The van der Waals surface area contributed by atoms with Crippen molar-refractivity contribution in [3.05, 3.63) is 29.7 Å². The summed E-state index contributed by atoms with van der Waals surface area (Å²) in [5, 5.41) is 12.7. The molecule has 0 radical (unpaired) electrons. The number of aromatic amines is 1. The van der Waals surface area contributed by atoms with Crippen LogP contribution in [0.4, 0.5) is 4.39 Å². The maximum Gasteiger partial charge on any atom is 0.253 e. The maximum absolute atomic E-state index is 14.1. The van der Waals surface area contributed by atoms with Crippen LogP contribution in [0, 0.1) is 5.82 Å². The zero-order valence-electron chi connectivity index (χ0n) is 12.1. The number of H-pyrrole nitrogens is 1. The number of rotatable bonds is 3. The third-order valence-electron chi connectivity index (χ3n) is 3.85. The lowest BCUT2D eigenvalue weighted by atomic mass is 10.1. The maximum atomic E-state index is 14.1. The van der Waals surface area contributed by atoms with Gasteiger partial charge in [0.05, 0.1) is 42.3 Å². The van der Waals surface area contributed by atoms with Crippen molar-refractivity contribution in [3.8, 4) is 5.75 Å². The highest BCUT2D eigenvalue weighted by molar-refractivity contribution is 6.08. The van der Waals surface area contributed by atoms with Crippen molar-refractivity contribution in [2.75, 3.05) is 20.3 Å². The van der Waals surface area contributed by atoms with E-state index in [4.69, 9.17) is 9.47 Å². The molecule has 2 aromatic rings. The SMILES string of the molecule is COc1ccc(F)c2c(C(=O)N[C@H]3CCOC[C@@H]3O)c[nH]c12. The molecule has 118 valence electrons. The first-order valence-corrected chi connectivity index (χ1v) is 7.02. The van der Waals surface area contributed by atoms with Crippen LogP contribution >= 0.6 is 0 Å². The molecule has 1 amide bonds. The topological polar surface area (TPSA) is 83.6 Å². The zero-order valence-corrected chi connectivity index (χ0v) is 12.1. The summed E-state index contributed by atoms with van der Waals surface area (Å²) in [6.45, 7) is 0.652. The van der Waals surface area contributed by atoms with Crippen molar-refractivity contribution >= 4 is 16.8 Å². The molecular formula is C15H17FN2O4. The monoisotopic (exact) mass is 308 g/mol. The van der Waals surface area contributed by atoms with E-state index in [1.54, 1.807) is 0 Å². The summed E-state index contributed by atoms with van der Waals surface area (Å²) >= 11 is 0. The van der Waals surface area contributed by atoms with E-state index in [0.717, 1.165) is 0 Å². The lowest BCUT2D eigenvalue weighted by Gasteiger charge is -2.28. The van der Waals surface area contributed by atoms with E-state index in [2.05, 4.69) is 10.3 Å². The average Bonchev–Trinajstić information content (AvgIpc) is 2.96. The number of hydrogen-bond donors (Lipinski definition) is 3. The van der Waals surface area contributed by atoms with Crippen LogP contribution in [0.25, 0.3) is 10.9 Å². The summed E-state index contributed by atoms with van der Waals surface area (Å²) in [6.07, 6.45) is 1.19. The molecule has 6 nitrogen and oxygen atoms in total. The standard InChI is InChI=1S/C15H17FN2O4/c1-21-12-3-2-9(16)13-8(6-17-14(12)13)15(20)18-10-4-5-22-7-11(10)19/h2-3,6,10-11,17,19H,4-5,7H2,1H3,(H,18,20)/t10-,11-/m0/s1. The van der Waals surface area contributed by atoms with Gasteiger partial charge in [0.1, 0.15) is 11.6 Å². The summed E-state index contributed by atoms with van der Waals surface area (Å²) in [7, 11) is 1.48. The van der Waals surface area contributed by atoms with Crippen LogP contribution in [0.2, 0.25) is 0 Å². The number of amides is 1. The molecule has 1 aliphatic rings. The van der Waals surface area contributed by atoms with Crippen LogP contribution in [-0.2, 0) is 4.74 Å². The molecule has 0 unspecified atom stereocenters. The molecule has 0 bridgehead atoms. The Hall–Kier alpha value is -2.12. The van der Waals surface area contributed by atoms with Crippen molar-refractivity contribution in [1.29, 1.82) is 0 Å². The predicted octanol–water partition coefficient (Wildman–Crippen LogP) is 1.20. The smallest absolute Gasteiger partial charge is 0.253 e. The molecule has 1 aromatic carbocycles. The molecular weight excluding hydrogens is 291 g/mol. The normalized spacial score (nSPS) is 21.8. The van der Waals surface area contributed by atoms with Crippen LogP contribution in [0.15, 0.2) is 18.3 Å². The first-order chi connectivity index (χ1) is 10.6. The van der Waals surface area contributed by atoms with Crippen molar-refractivity contribution in [2.45, 2.75) is 18.6 Å². The molecule has 1 fully saturated rings. The average molecular weight is 308 g/mol. The number of benzene rings is 1. The molecule has 0 saturated carbocycles. The first-order valence-electron chi connectivity index (χ1n) is 7.02. The largest absolute Gasteiger partial charge is 0.495 e. The van der Waals surface area contributed by atoms with Gasteiger partial charge in [0, 0.05) is 12.8 Å². The minimum Gasteiger partial charge on any atom is -0.495 e. The Morgan fingerprint density at radius 3 is 3.09 bits per heavy atom. The fourth-order valence-electron chi connectivity index (χ4n) is 2.67. The molecule has 1 aromatic heterocycles. The number of carbonyl (C=O) groups excluding carboxylic acids is 1. The summed E-state index contributed by atoms with van der Waals surface area (Å²) in [5.74, 6) is -0.486. The predicted molar refractivity (Wildman–Crippen MR) is 77.5 cm³/mol. The number of fused-ring (bicyclic) bond motifs is 1. The number of aromatic nitrogens is 1. The third-order valence-corrected chi connectivity index (χ3v) is 3.85. The van der Waals surface area contributed by atoms with Gasteiger partial charge < -0.3 is 24.9 Å². The Kier molecular flexibility index (Phi) is 4.00. The van der Waals surface area contributed by atoms with Gasteiger partial charge in [0.2, 0.25) is 0 Å². The molecule has 22 heavy (non-hydrogen) atoms. The van der Waals surface area contributed by atoms with Gasteiger partial charge in [-0.25, -0.2) is 4.39 Å². The van der Waals surface area contributed by atoms with Crippen LogP contribution in [0.5, 0.6) is 5.75 Å². The lowest BCUT2D eigenvalue weighted by Crippen LogP contribution is -2.48. The number of nitrogens with one attached hydrogen (secondary N) is 2. The second-order valence-corrected chi connectivity index (χ2v) is 5.21. The van der Waals surface area contributed by atoms with E-state index in [9.17, 15) is 14.3 Å². The Labute approximate surface area is 126 Å². The number of aliphatic hydroxyl groups excluding tert-OH is 1. The molecule has 1 aliphatic heterocycles. The second-order valence-electron chi connectivity index (χ2n) is 5.21. The molecule has 3 rings (SSSR count). The molecule has 0 aliphatic carbocycles. The van der Waals surface area contributed by atoms with Crippen LogP contribution in [0.3, 0.4) is 0 Å². The van der Waals surface area contributed by atoms with E-state index < -0.39 is 23.9 Å². The van der Waals surface area contributed by atoms with E-state index in [1.165, 1.54) is 25.4 Å². The van der Waals surface area contributed by atoms with E-state index in [1.807, 2.05) is 0 Å². The Morgan fingerprint density at radius 1 is 1.55 bits per heavy atom. The summed E-state index contributed by atoms with van der Waals surface area (Å²) < 4.78 is 24.4. The highest BCUT2D eigenvalue weighted by Gasteiger charge is 2.27. The first kappa shape index (κ1) is 14.8. The van der Waals surface area contributed by atoms with Crippen molar-refractivity contribution in [2.24, 2.45) is 0 Å². The van der Waals surface area contributed by atoms with Gasteiger partial charge in [-0.2, -0.15) is 0 Å². The number of aliphatic hydroxyl groups is 1. The summed E-state index contributed by atoms with van der Waals surface area (Å²) in [4.78, 5) is 15.3. The molecule has 2 atom stereocenters. The Bertz CT molecular complexity index is 700. The third kappa shape index (κ3) is 2.53. The zero-order chi connectivity index (χ0) is 15.7. The minimum atomic E-state index is -0.762. The van der Waals surface area contributed by atoms with Crippen molar-refractivity contribution < 1.29 is 23.8 Å². The summed E-state index contributed by atoms with van der Waals surface area (Å²) in [5.41, 5.74) is 0.616. The van der Waals surface area contributed by atoms with Crippen molar-refractivity contribution in [3.63, 3.8) is 0 Å². The number of ether oxygens (including phenoxy) is 2. The fraction of sp³-hybridized carbons (Fsp3) is 0.400. The van der Waals surface area contributed by atoms with E-state index in [0.29, 0.717) is 24.3 Å². The van der Waals surface area contributed by atoms with Gasteiger partial charge in [0.25, 0.3) is 5.91 Å². The molecule has 3 N–H and O–H groups in total.